The van der Waals surface area contributed by atoms with Crippen LogP contribution < -0.4 is 15.5 Å². The van der Waals surface area contributed by atoms with Gasteiger partial charge >= 0.3 is 0 Å². The lowest BCUT2D eigenvalue weighted by atomic mass is 10.0. The molecule has 1 saturated heterocycles. The summed E-state index contributed by atoms with van der Waals surface area (Å²) in [6.45, 7) is 6.50. The standard InChI is InChI=1S/C21H25N3OS/c1-15(2)16-5-7-17(8-6-16)20(25)23-21(26)22-18-9-11-19(12-10-18)24-13-3-4-14-24/h5-12,15H,3-4,13-14H2,1-2H3,(H2,22,23,25,26). The second kappa shape index (κ2) is 8.32. The van der Waals surface area contributed by atoms with E-state index in [4.69, 9.17) is 12.2 Å². The fourth-order valence-corrected chi connectivity index (χ4v) is 3.30. The molecule has 1 amide bonds. The van der Waals surface area contributed by atoms with Crippen LogP contribution in [0.5, 0.6) is 0 Å². The first-order valence-electron chi connectivity index (χ1n) is 9.10. The zero-order valence-electron chi connectivity index (χ0n) is 15.3. The zero-order chi connectivity index (χ0) is 18.5. The normalized spacial score (nSPS) is 13.7. The Morgan fingerprint density at radius 1 is 1.00 bits per heavy atom. The second-order valence-corrected chi connectivity index (χ2v) is 7.33. The molecule has 0 bridgehead atoms. The van der Waals surface area contributed by atoms with Crippen molar-refractivity contribution < 1.29 is 4.79 Å². The maximum atomic E-state index is 12.3. The fraction of sp³-hybridized carbons (Fsp3) is 0.333. The number of carbonyl (C=O) groups is 1. The number of benzene rings is 2. The van der Waals surface area contributed by atoms with Crippen LogP contribution in [0.3, 0.4) is 0 Å². The number of nitrogens with zero attached hydrogens (tertiary/aromatic N) is 1. The minimum atomic E-state index is -0.202. The topological polar surface area (TPSA) is 44.4 Å². The predicted molar refractivity (Wildman–Crippen MR) is 112 cm³/mol. The zero-order valence-corrected chi connectivity index (χ0v) is 16.1. The molecule has 26 heavy (non-hydrogen) atoms. The summed E-state index contributed by atoms with van der Waals surface area (Å²) in [4.78, 5) is 14.7. The van der Waals surface area contributed by atoms with Crippen molar-refractivity contribution in [2.24, 2.45) is 0 Å². The van der Waals surface area contributed by atoms with Gasteiger partial charge in [-0.1, -0.05) is 26.0 Å². The number of anilines is 2. The molecule has 2 aromatic carbocycles. The largest absolute Gasteiger partial charge is 0.372 e. The lowest BCUT2D eigenvalue weighted by molar-refractivity contribution is 0.0977. The van der Waals surface area contributed by atoms with Gasteiger partial charge in [0, 0.05) is 30.0 Å². The maximum Gasteiger partial charge on any atom is 0.257 e. The molecule has 1 heterocycles. The van der Waals surface area contributed by atoms with E-state index in [1.165, 1.54) is 24.1 Å². The van der Waals surface area contributed by atoms with Gasteiger partial charge in [0.1, 0.15) is 0 Å². The van der Waals surface area contributed by atoms with Gasteiger partial charge in [-0.15, -0.1) is 0 Å². The van der Waals surface area contributed by atoms with Crippen molar-refractivity contribution in [3.05, 3.63) is 59.7 Å². The molecule has 0 saturated carbocycles. The molecule has 1 aliphatic rings. The monoisotopic (exact) mass is 367 g/mol. The van der Waals surface area contributed by atoms with Gasteiger partial charge in [0.25, 0.3) is 5.91 Å². The van der Waals surface area contributed by atoms with Crippen LogP contribution in [-0.4, -0.2) is 24.1 Å². The van der Waals surface area contributed by atoms with Gasteiger partial charge in [0.15, 0.2) is 5.11 Å². The molecular weight excluding hydrogens is 342 g/mol. The van der Waals surface area contributed by atoms with E-state index in [1.807, 2.05) is 36.4 Å². The van der Waals surface area contributed by atoms with Crippen molar-refractivity contribution in [3.8, 4) is 0 Å². The van der Waals surface area contributed by atoms with Crippen LogP contribution >= 0.6 is 12.2 Å². The highest BCUT2D eigenvalue weighted by Gasteiger charge is 2.12. The number of hydrogen-bond donors (Lipinski definition) is 2. The van der Waals surface area contributed by atoms with Gasteiger partial charge in [-0.3, -0.25) is 10.1 Å². The van der Waals surface area contributed by atoms with E-state index in [0.717, 1.165) is 18.8 Å². The number of hydrogen-bond acceptors (Lipinski definition) is 3. The van der Waals surface area contributed by atoms with Crippen LogP contribution in [0.15, 0.2) is 48.5 Å². The van der Waals surface area contributed by atoms with E-state index in [1.54, 1.807) is 0 Å². The van der Waals surface area contributed by atoms with Gasteiger partial charge in [-0.25, -0.2) is 0 Å². The van der Waals surface area contributed by atoms with E-state index in [9.17, 15) is 4.79 Å². The summed E-state index contributed by atoms with van der Waals surface area (Å²) >= 11 is 5.27. The van der Waals surface area contributed by atoms with Gasteiger partial charge < -0.3 is 10.2 Å². The van der Waals surface area contributed by atoms with Crippen molar-refractivity contribution in [3.63, 3.8) is 0 Å². The molecular formula is C21H25N3OS. The Balaban J connectivity index is 1.55. The van der Waals surface area contributed by atoms with Crippen molar-refractivity contribution in [1.29, 1.82) is 0 Å². The number of rotatable bonds is 4. The molecule has 0 spiro atoms. The first-order chi connectivity index (χ1) is 12.5. The van der Waals surface area contributed by atoms with E-state index in [2.05, 4.69) is 41.5 Å². The minimum Gasteiger partial charge on any atom is -0.372 e. The lowest BCUT2D eigenvalue weighted by Crippen LogP contribution is -2.34. The van der Waals surface area contributed by atoms with Gasteiger partial charge in [0.2, 0.25) is 0 Å². The number of thiocarbonyl (C=S) groups is 1. The van der Waals surface area contributed by atoms with Crippen molar-refractivity contribution in [1.82, 2.24) is 5.32 Å². The third-order valence-electron chi connectivity index (χ3n) is 4.66. The Bertz CT molecular complexity index is 763. The van der Waals surface area contributed by atoms with Crippen molar-refractivity contribution >= 4 is 34.6 Å². The Hall–Kier alpha value is -2.40. The third-order valence-corrected chi connectivity index (χ3v) is 4.87. The van der Waals surface area contributed by atoms with E-state index in [0.29, 0.717) is 16.6 Å². The quantitative estimate of drug-likeness (QED) is 0.779. The minimum absolute atomic E-state index is 0.202. The number of amides is 1. The molecule has 0 aliphatic carbocycles. The molecule has 2 aromatic rings. The summed E-state index contributed by atoms with van der Waals surface area (Å²) < 4.78 is 0. The summed E-state index contributed by atoms with van der Waals surface area (Å²) in [5.41, 5.74) is 3.91. The predicted octanol–water partition coefficient (Wildman–Crippen LogP) is 4.54. The SMILES string of the molecule is CC(C)c1ccc(C(=O)NC(=S)Nc2ccc(N3CCCC3)cc2)cc1. The van der Waals surface area contributed by atoms with E-state index >= 15 is 0 Å². The highest BCUT2D eigenvalue weighted by molar-refractivity contribution is 7.80. The van der Waals surface area contributed by atoms with Crippen molar-refractivity contribution in [2.75, 3.05) is 23.3 Å². The molecule has 5 heteroatoms. The van der Waals surface area contributed by atoms with Crippen LogP contribution in [0.2, 0.25) is 0 Å². The second-order valence-electron chi connectivity index (χ2n) is 6.93. The van der Waals surface area contributed by atoms with Crippen LogP contribution in [0.25, 0.3) is 0 Å². The highest BCUT2D eigenvalue weighted by Crippen LogP contribution is 2.22. The highest BCUT2D eigenvalue weighted by atomic mass is 32.1. The van der Waals surface area contributed by atoms with E-state index < -0.39 is 0 Å². The lowest BCUT2D eigenvalue weighted by Gasteiger charge is -2.18. The Labute approximate surface area is 160 Å². The van der Waals surface area contributed by atoms with Crippen LogP contribution in [0.4, 0.5) is 11.4 Å². The first kappa shape index (κ1) is 18.4. The maximum absolute atomic E-state index is 12.3. The summed E-state index contributed by atoms with van der Waals surface area (Å²) in [5, 5.41) is 6.11. The Morgan fingerprint density at radius 3 is 2.19 bits per heavy atom. The van der Waals surface area contributed by atoms with E-state index in [-0.39, 0.29) is 5.91 Å². The first-order valence-corrected chi connectivity index (χ1v) is 9.51. The summed E-state index contributed by atoms with van der Waals surface area (Å²) in [6, 6.07) is 15.8. The van der Waals surface area contributed by atoms with Crippen molar-refractivity contribution in [2.45, 2.75) is 32.6 Å². The molecule has 2 N–H and O–H groups in total. The van der Waals surface area contributed by atoms with Crippen LogP contribution in [0, 0.1) is 0 Å². The number of carbonyl (C=O) groups excluding carboxylic acids is 1. The average molecular weight is 368 g/mol. The average Bonchev–Trinajstić information content (AvgIpc) is 3.17. The molecule has 0 aromatic heterocycles. The molecule has 0 atom stereocenters. The molecule has 3 rings (SSSR count). The molecule has 0 unspecified atom stereocenters. The Kier molecular flexibility index (Phi) is 5.89. The Morgan fingerprint density at radius 2 is 1.62 bits per heavy atom. The third kappa shape index (κ3) is 4.61. The van der Waals surface area contributed by atoms with Crippen LogP contribution in [-0.2, 0) is 0 Å². The molecule has 1 aliphatic heterocycles. The summed E-state index contributed by atoms with van der Waals surface area (Å²) in [6.07, 6.45) is 2.52. The van der Waals surface area contributed by atoms with Crippen LogP contribution in [0.1, 0.15) is 48.5 Å². The smallest absolute Gasteiger partial charge is 0.257 e. The summed E-state index contributed by atoms with van der Waals surface area (Å²) in [5.74, 6) is 0.241. The van der Waals surface area contributed by atoms with Gasteiger partial charge in [0.05, 0.1) is 0 Å². The molecule has 0 radical (unpaired) electrons. The fourth-order valence-electron chi connectivity index (χ4n) is 3.09. The number of nitrogens with one attached hydrogen (secondary N) is 2. The summed E-state index contributed by atoms with van der Waals surface area (Å²) in [7, 11) is 0. The molecule has 4 nitrogen and oxygen atoms in total. The van der Waals surface area contributed by atoms with Gasteiger partial charge in [-0.2, -0.15) is 0 Å². The van der Waals surface area contributed by atoms with Gasteiger partial charge in [-0.05, 0) is 72.9 Å². The molecule has 1 fully saturated rings. The molecule has 136 valence electrons.